The van der Waals surface area contributed by atoms with Crippen LogP contribution in [0.25, 0.3) is 0 Å². The first-order chi connectivity index (χ1) is 8.75. The molecule has 0 saturated heterocycles. The Morgan fingerprint density at radius 3 is 2.33 bits per heavy atom. The van der Waals surface area contributed by atoms with Gasteiger partial charge in [0.2, 0.25) is 0 Å². The molecule has 0 heterocycles. The van der Waals surface area contributed by atoms with E-state index in [-0.39, 0.29) is 0 Å². The Morgan fingerprint density at radius 2 is 1.67 bits per heavy atom. The van der Waals surface area contributed by atoms with Crippen LogP contribution in [0.3, 0.4) is 0 Å². The van der Waals surface area contributed by atoms with Crippen LogP contribution in [-0.4, -0.2) is 11.7 Å². The summed E-state index contributed by atoms with van der Waals surface area (Å²) in [7, 11) is 0. The lowest BCUT2D eigenvalue weighted by Gasteiger charge is -2.12. The molecule has 18 heavy (non-hydrogen) atoms. The fourth-order valence-corrected chi connectivity index (χ4v) is 2.03. The minimum Gasteiger partial charge on any atom is -0.388 e. The van der Waals surface area contributed by atoms with Gasteiger partial charge in [-0.05, 0) is 36.2 Å². The maximum absolute atomic E-state index is 10.00. The quantitative estimate of drug-likeness (QED) is 0.875. The van der Waals surface area contributed by atoms with Gasteiger partial charge in [0, 0.05) is 16.7 Å². The molecule has 0 aliphatic heterocycles. The first-order valence-electron chi connectivity index (χ1n) is 5.98. The maximum Gasteiger partial charge on any atom is 0.0806 e. The van der Waals surface area contributed by atoms with Gasteiger partial charge in [-0.25, -0.2) is 0 Å². The fraction of sp³-hybridized carbons (Fsp3) is 0.200. The molecule has 0 spiro atoms. The molecule has 0 aliphatic carbocycles. The van der Waals surface area contributed by atoms with Crippen LogP contribution in [0.1, 0.15) is 18.1 Å². The van der Waals surface area contributed by atoms with Crippen LogP contribution in [0, 0.1) is 0 Å². The topological polar surface area (TPSA) is 32.3 Å². The second-order valence-electron chi connectivity index (χ2n) is 4.15. The predicted octanol–water partition coefficient (Wildman–Crippen LogP) is 3.98. The lowest BCUT2D eigenvalue weighted by Crippen LogP contribution is -2.07. The summed E-state index contributed by atoms with van der Waals surface area (Å²) in [5, 5.41) is 13.3. The first-order valence-corrected chi connectivity index (χ1v) is 6.77. The van der Waals surface area contributed by atoms with E-state index in [0.717, 1.165) is 22.3 Å². The molecule has 2 aromatic rings. The monoisotopic (exact) mass is 305 g/mol. The second kappa shape index (κ2) is 6.57. The Bertz CT molecular complexity index is 470. The molecule has 2 nitrogen and oxygen atoms in total. The first kappa shape index (κ1) is 13.1. The highest BCUT2D eigenvalue weighted by atomic mass is 79.9. The standard InChI is InChI=1S/C15H16BrNO/c16-13-6-8-14(9-7-13)17-11-10-15(18)12-4-2-1-3-5-12/h1-9,15,17-18H,10-11H2. The third-order valence-corrected chi connectivity index (χ3v) is 3.30. The zero-order valence-electron chi connectivity index (χ0n) is 10.0. The highest BCUT2D eigenvalue weighted by molar-refractivity contribution is 9.10. The van der Waals surface area contributed by atoms with E-state index in [1.807, 2.05) is 54.6 Å². The van der Waals surface area contributed by atoms with Crippen molar-refractivity contribution in [2.75, 3.05) is 11.9 Å². The molecule has 2 aromatic carbocycles. The molecule has 94 valence electrons. The molecule has 2 N–H and O–H groups in total. The zero-order valence-corrected chi connectivity index (χ0v) is 11.6. The van der Waals surface area contributed by atoms with E-state index in [9.17, 15) is 5.11 Å². The van der Waals surface area contributed by atoms with Gasteiger partial charge in [0.1, 0.15) is 0 Å². The van der Waals surface area contributed by atoms with Gasteiger partial charge in [-0.15, -0.1) is 0 Å². The van der Waals surface area contributed by atoms with E-state index in [1.54, 1.807) is 0 Å². The van der Waals surface area contributed by atoms with Gasteiger partial charge < -0.3 is 10.4 Å². The summed E-state index contributed by atoms with van der Waals surface area (Å²) >= 11 is 3.40. The van der Waals surface area contributed by atoms with Gasteiger partial charge in [0.25, 0.3) is 0 Å². The summed E-state index contributed by atoms with van der Waals surface area (Å²) in [4.78, 5) is 0. The fourth-order valence-electron chi connectivity index (χ4n) is 1.76. The summed E-state index contributed by atoms with van der Waals surface area (Å²) in [5.74, 6) is 0. The van der Waals surface area contributed by atoms with Crippen molar-refractivity contribution < 1.29 is 5.11 Å². The Morgan fingerprint density at radius 1 is 1.00 bits per heavy atom. The lowest BCUT2D eigenvalue weighted by molar-refractivity contribution is 0.171. The molecular formula is C15H16BrNO. The van der Waals surface area contributed by atoms with Crippen LogP contribution < -0.4 is 5.32 Å². The normalized spacial score (nSPS) is 12.1. The van der Waals surface area contributed by atoms with Crippen LogP contribution >= 0.6 is 15.9 Å². The summed E-state index contributed by atoms with van der Waals surface area (Å²) in [6.45, 7) is 0.748. The second-order valence-corrected chi connectivity index (χ2v) is 5.06. The van der Waals surface area contributed by atoms with Gasteiger partial charge in [0.05, 0.1) is 6.10 Å². The van der Waals surface area contributed by atoms with Gasteiger partial charge in [-0.3, -0.25) is 0 Å². The highest BCUT2D eigenvalue weighted by Crippen LogP contribution is 2.17. The van der Waals surface area contributed by atoms with Crippen LogP contribution in [0.4, 0.5) is 5.69 Å². The highest BCUT2D eigenvalue weighted by Gasteiger charge is 2.05. The van der Waals surface area contributed by atoms with E-state index in [4.69, 9.17) is 0 Å². The Kier molecular flexibility index (Phi) is 4.79. The third kappa shape index (κ3) is 3.86. The molecule has 2 rings (SSSR count). The smallest absolute Gasteiger partial charge is 0.0806 e. The van der Waals surface area contributed by atoms with E-state index in [0.29, 0.717) is 6.42 Å². The lowest BCUT2D eigenvalue weighted by atomic mass is 10.1. The number of rotatable bonds is 5. The molecule has 3 heteroatoms. The van der Waals surface area contributed by atoms with Gasteiger partial charge in [-0.2, -0.15) is 0 Å². The summed E-state index contributed by atoms with van der Waals surface area (Å²) in [5.41, 5.74) is 2.04. The maximum atomic E-state index is 10.00. The summed E-state index contributed by atoms with van der Waals surface area (Å²) in [6, 6.07) is 17.8. The van der Waals surface area contributed by atoms with E-state index >= 15 is 0 Å². The zero-order chi connectivity index (χ0) is 12.8. The molecule has 0 radical (unpaired) electrons. The SMILES string of the molecule is OC(CCNc1ccc(Br)cc1)c1ccccc1. The Hall–Kier alpha value is -1.32. The summed E-state index contributed by atoms with van der Waals surface area (Å²) in [6.07, 6.45) is 0.286. The van der Waals surface area contributed by atoms with E-state index in [2.05, 4.69) is 21.2 Å². The predicted molar refractivity (Wildman–Crippen MR) is 78.7 cm³/mol. The Labute approximate surface area is 116 Å². The number of hydrogen-bond acceptors (Lipinski definition) is 2. The number of aliphatic hydroxyl groups is 1. The summed E-state index contributed by atoms with van der Waals surface area (Å²) < 4.78 is 1.07. The van der Waals surface area contributed by atoms with Crippen molar-refractivity contribution in [1.29, 1.82) is 0 Å². The van der Waals surface area contributed by atoms with Crippen LogP contribution in [0.2, 0.25) is 0 Å². The molecule has 0 amide bonds. The van der Waals surface area contributed by atoms with E-state index < -0.39 is 6.10 Å². The van der Waals surface area contributed by atoms with E-state index in [1.165, 1.54) is 0 Å². The molecule has 0 aromatic heterocycles. The van der Waals surface area contributed by atoms with Crippen molar-refractivity contribution in [3.8, 4) is 0 Å². The van der Waals surface area contributed by atoms with Crippen molar-refractivity contribution in [3.63, 3.8) is 0 Å². The van der Waals surface area contributed by atoms with Gasteiger partial charge in [0.15, 0.2) is 0 Å². The van der Waals surface area contributed by atoms with Crippen molar-refractivity contribution in [1.82, 2.24) is 0 Å². The van der Waals surface area contributed by atoms with Crippen molar-refractivity contribution in [2.45, 2.75) is 12.5 Å². The van der Waals surface area contributed by atoms with Crippen LogP contribution in [0.15, 0.2) is 59.1 Å². The largest absolute Gasteiger partial charge is 0.388 e. The molecule has 0 fully saturated rings. The number of nitrogens with one attached hydrogen (secondary N) is 1. The minimum atomic E-state index is -0.408. The number of aliphatic hydroxyl groups excluding tert-OH is 1. The molecular weight excluding hydrogens is 290 g/mol. The van der Waals surface area contributed by atoms with Gasteiger partial charge >= 0.3 is 0 Å². The number of halogens is 1. The molecule has 0 saturated carbocycles. The number of benzene rings is 2. The molecule has 1 atom stereocenters. The van der Waals surface area contributed by atoms with Crippen LogP contribution in [0.5, 0.6) is 0 Å². The van der Waals surface area contributed by atoms with Crippen molar-refractivity contribution in [3.05, 3.63) is 64.6 Å². The minimum absolute atomic E-state index is 0.408. The number of hydrogen-bond donors (Lipinski definition) is 2. The molecule has 0 bridgehead atoms. The molecule has 0 aliphatic rings. The van der Waals surface area contributed by atoms with Gasteiger partial charge in [-0.1, -0.05) is 46.3 Å². The number of anilines is 1. The average molecular weight is 306 g/mol. The third-order valence-electron chi connectivity index (χ3n) is 2.78. The average Bonchev–Trinajstić information content (AvgIpc) is 2.42. The van der Waals surface area contributed by atoms with Crippen molar-refractivity contribution in [2.24, 2.45) is 0 Å². The van der Waals surface area contributed by atoms with Crippen LogP contribution in [-0.2, 0) is 0 Å². The molecule has 1 unspecified atom stereocenters. The Balaban J connectivity index is 1.80. The van der Waals surface area contributed by atoms with Crippen molar-refractivity contribution >= 4 is 21.6 Å².